The van der Waals surface area contributed by atoms with Crippen LogP contribution in [-0.4, -0.2) is 40.1 Å². The van der Waals surface area contributed by atoms with Gasteiger partial charge in [-0.1, -0.05) is 53.0 Å². The number of hydrogen-bond acceptors (Lipinski definition) is 3. The first kappa shape index (κ1) is 21.8. The normalized spacial score (nSPS) is 17.1. The topological polar surface area (TPSA) is 69.2 Å². The van der Waals surface area contributed by atoms with E-state index in [-0.39, 0.29) is 37.4 Å². The van der Waals surface area contributed by atoms with Gasteiger partial charge in [0.25, 0.3) is 5.92 Å². The molecule has 0 amide bonds. The maximum absolute atomic E-state index is 13.6. The van der Waals surface area contributed by atoms with E-state index in [1.54, 1.807) is 11.0 Å². The molecule has 1 fully saturated rings. The number of aromatic amines is 1. The first-order valence-electron chi connectivity index (χ1n) is 9.93. The summed E-state index contributed by atoms with van der Waals surface area (Å²) in [7, 11) is 0. The number of nitrogens with one attached hydrogen (secondary N) is 1. The smallest absolute Gasteiger partial charge is 0.304 e. The van der Waals surface area contributed by atoms with Crippen molar-refractivity contribution < 1.29 is 18.7 Å². The van der Waals surface area contributed by atoms with Crippen LogP contribution in [0.4, 0.5) is 14.5 Å². The van der Waals surface area contributed by atoms with E-state index in [1.807, 2.05) is 31.2 Å². The van der Waals surface area contributed by atoms with E-state index in [2.05, 4.69) is 9.97 Å². The molecule has 2 N–H and O–H groups in total. The number of anilines is 1. The average molecular weight is 468 g/mol. The Hall–Kier alpha value is -2.38. The Bertz CT molecular complexity index is 1120. The van der Waals surface area contributed by atoms with Gasteiger partial charge in [-0.15, -0.1) is 0 Å². The van der Waals surface area contributed by atoms with Crippen molar-refractivity contribution in [1.29, 1.82) is 0 Å². The molecule has 0 saturated carbocycles. The first-order valence-corrected chi connectivity index (χ1v) is 10.7. The summed E-state index contributed by atoms with van der Waals surface area (Å²) >= 11 is 13.1. The van der Waals surface area contributed by atoms with Crippen LogP contribution in [0.5, 0.6) is 0 Å². The van der Waals surface area contributed by atoms with Crippen molar-refractivity contribution in [2.24, 2.45) is 0 Å². The molecule has 0 aliphatic carbocycles. The number of hydrogen-bond donors (Lipinski definition) is 2. The van der Waals surface area contributed by atoms with Gasteiger partial charge in [-0.3, -0.25) is 4.79 Å². The highest BCUT2D eigenvalue weighted by atomic mass is 35.5. The van der Waals surface area contributed by atoms with E-state index in [4.69, 9.17) is 23.2 Å². The number of rotatable bonds is 5. The van der Waals surface area contributed by atoms with Gasteiger partial charge in [0.15, 0.2) is 0 Å². The SMILES string of the molecule is Cc1ccc(C(CC(=O)O)c2nc3c(Cl)c(N4CCC(F)(F)CC4)c(Cl)cc3[nH]2)cc1. The monoisotopic (exact) mass is 467 g/mol. The molecule has 4 rings (SSSR count). The van der Waals surface area contributed by atoms with Gasteiger partial charge in [0, 0.05) is 25.9 Å². The number of alkyl halides is 2. The number of carboxylic acid groups (broad SMARTS) is 1. The van der Waals surface area contributed by atoms with Gasteiger partial charge in [-0.2, -0.15) is 0 Å². The summed E-state index contributed by atoms with van der Waals surface area (Å²) in [5, 5.41) is 10.0. The zero-order valence-electron chi connectivity index (χ0n) is 16.8. The zero-order chi connectivity index (χ0) is 22.3. The van der Waals surface area contributed by atoms with Crippen LogP contribution in [0.1, 0.15) is 42.1 Å². The van der Waals surface area contributed by atoms with Gasteiger partial charge in [0.1, 0.15) is 11.3 Å². The Labute approximate surface area is 188 Å². The molecular weight excluding hydrogens is 447 g/mol. The number of benzene rings is 2. The van der Waals surface area contributed by atoms with E-state index < -0.39 is 17.8 Å². The summed E-state index contributed by atoms with van der Waals surface area (Å²) in [5.41, 5.74) is 3.37. The number of aliphatic carboxylic acids is 1. The summed E-state index contributed by atoms with van der Waals surface area (Å²) in [6, 6.07) is 9.25. The second kappa shape index (κ2) is 8.28. The minimum absolute atomic E-state index is 0.139. The zero-order valence-corrected chi connectivity index (χ0v) is 18.3. The Morgan fingerprint density at radius 3 is 2.52 bits per heavy atom. The van der Waals surface area contributed by atoms with E-state index >= 15 is 0 Å². The molecule has 1 atom stereocenters. The van der Waals surface area contributed by atoms with Gasteiger partial charge >= 0.3 is 5.97 Å². The van der Waals surface area contributed by atoms with Crippen molar-refractivity contribution in [2.45, 2.75) is 38.0 Å². The van der Waals surface area contributed by atoms with Crippen molar-refractivity contribution in [1.82, 2.24) is 9.97 Å². The standard InChI is InChI=1S/C22H21Cl2F2N3O2/c1-12-2-4-13(5-3-12)14(10-17(30)31)21-27-16-11-15(23)20(18(24)19(16)28-21)29-8-6-22(25,26)7-9-29/h2-5,11,14H,6-10H2,1H3,(H,27,28)(H,30,31). The lowest BCUT2D eigenvalue weighted by molar-refractivity contribution is -0.137. The predicted molar refractivity (Wildman–Crippen MR) is 118 cm³/mol. The minimum Gasteiger partial charge on any atom is -0.481 e. The summed E-state index contributed by atoms with van der Waals surface area (Å²) < 4.78 is 27.1. The van der Waals surface area contributed by atoms with Crippen LogP contribution in [0, 0.1) is 6.92 Å². The summed E-state index contributed by atoms with van der Waals surface area (Å²) in [6.07, 6.45) is -0.683. The summed E-state index contributed by atoms with van der Waals surface area (Å²) in [4.78, 5) is 21.0. The Balaban J connectivity index is 1.75. The highest BCUT2D eigenvalue weighted by Crippen LogP contribution is 2.42. The van der Waals surface area contributed by atoms with Gasteiger partial charge in [0.05, 0.1) is 33.6 Å². The molecule has 1 aromatic heterocycles. The van der Waals surface area contributed by atoms with Crippen LogP contribution >= 0.6 is 23.2 Å². The van der Waals surface area contributed by atoms with Crippen LogP contribution in [0.15, 0.2) is 30.3 Å². The van der Waals surface area contributed by atoms with Crippen LogP contribution in [0.3, 0.4) is 0 Å². The van der Waals surface area contributed by atoms with Gasteiger partial charge in [0.2, 0.25) is 0 Å². The Morgan fingerprint density at radius 2 is 1.90 bits per heavy atom. The number of piperidine rings is 1. The van der Waals surface area contributed by atoms with Crippen molar-refractivity contribution in [3.8, 4) is 0 Å². The summed E-state index contributed by atoms with van der Waals surface area (Å²) in [5.74, 6) is -3.68. The minimum atomic E-state index is -2.68. The van der Waals surface area contributed by atoms with E-state index in [0.29, 0.717) is 27.6 Å². The number of carbonyl (C=O) groups is 1. The Morgan fingerprint density at radius 1 is 1.26 bits per heavy atom. The van der Waals surface area contributed by atoms with E-state index in [1.165, 1.54) is 0 Å². The molecule has 1 unspecified atom stereocenters. The number of halogens is 4. The molecule has 164 valence electrons. The quantitative estimate of drug-likeness (QED) is 0.481. The van der Waals surface area contributed by atoms with Gasteiger partial charge in [-0.05, 0) is 18.6 Å². The lowest BCUT2D eigenvalue weighted by atomic mass is 9.94. The fraction of sp³-hybridized carbons (Fsp3) is 0.364. The molecule has 0 spiro atoms. The van der Waals surface area contributed by atoms with Crippen molar-refractivity contribution >= 4 is 45.9 Å². The lowest BCUT2D eigenvalue weighted by Gasteiger charge is -2.34. The third-order valence-corrected chi connectivity index (χ3v) is 6.31. The molecule has 2 aromatic carbocycles. The van der Waals surface area contributed by atoms with Crippen molar-refractivity contribution in [2.75, 3.05) is 18.0 Å². The van der Waals surface area contributed by atoms with Gasteiger partial charge in [-0.25, -0.2) is 13.8 Å². The summed E-state index contributed by atoms with van der Waals surface area (Å²) in [6.45, 7) is 2.23. The van der Waals surface area contributed by atoms with E-state index in [0.717, 1.165) is 11.1 Å². The maximum Gasteiger partial charge on any atom is 0.304 e. The molecule has 9 heteroatoms. The number of H-pyrrole nitrogens is 1. The molecule has 31 heavy (non-hydrogen) atoms. The molecule has 5 nitrogen and oxygen atoms in total. The van der Waals surface area contributed by atoms with Crippen LogP contribution in [0.2, 0.25) is 10.0 Å². The van der Waals surface area contributed by atoms with Crippen molar-refractivity contribution in [3.63, 3.8) is 0 Å². The first-order chi connectivity index (χ1) is 14.6. The largest absolute Gasteiger partial charge is 0.481 e. The average Bonchev–Trinajstić information content (AvgIpc) is 3.12. The number of carboxylic acids is 1. The predicted octanol–water partition coefficient (Wildman–Crippen LogP) is 6.02. The highest BCUT2D eigenvalue weighted by Gasteiger charge is 2.35. The molecule has 0 radical (unpaired) electrons. The van der Waals surface area contributed by atoms with Crippen molar-refractivity contribution in [3.05, 3.63) is 57.3 Å². The molecule has 1 aliphatic heterocycles. The van der Waals surface area contributed by atoms with Gasteiger partial charge < -0.3 is 15.0 Å². The highest BCUT2D eigenvalue weighted by molar-refractivity contribution is 6.42. The van der Waals surface area contributed by atoms with Crippen LogP contribution < -0.4 is 4.90 Å². The second-order valence-corrected chi connectivity index (χ2v) is 8.73. The number of aryl methyl sites for hydroxylation is 1. The molecular formula is C22H21Cl2F2N3O2. The second-order valence-electron chi connectivity index (χ2n) is 7.94. The maximum atomic E-state index is 13.6. The van der Waals surface area contributed by atoms with Crippen LogP contribution in [0.25, 0.3) is 11.0 Å². The molecule has 3 aromatic rings. The third-order valence-electron chi connectivity index (χ3n) is 5.66. The number of aromatic nitrogens is 2. The molecule has 1 saturated heterocycles. The fourth-order valence-corrected chi connectivity index (χ4v) is 4.68. The number of fused-ring (bicyclic) bond motifs is 1. The fourth-order valence-electron chi connectivity index (χ4n) is 3.95. The molecule has 0 bridgehead atoms. The number of imidazole rings is 1. The third kappa shape index (κ3) is 4.48. The molecule has 2 heterocycles. The number of nitrogens with zero attached hydrogens (tertiary/aromatic N) is 2. The van der Waals surface area contributed by atoms with E-state index in [9.17, 15) is 18.7 Å². The Kier molecular flexibility index (Phi) is 5.83. The lowest BCUT2D eigenvalue weighted by Crippen LogP contribution is -2.39. The van der Waals surface area contributed by atoms with Crippen LogP contribution in [-0.2, 0) is 4.79 Å². The molecule has 1 aliphatic rings.